The van der Waals surface area contributed by atoms with Gasteiger partial charge in [-0.25, -0.2) is 4.98 Å². The summed E-state index contributed by atoms with van der Waals surface area (Å²) in [5.74, 6) is 0.638. The van der Waals surface area contributed by atoms with Crippen molar-refractivity contribution in [2.24, 2.45) is 11.7 Å². The van der Waals surface area contributed by atoms with E-state index in [0.29, 0.717) is 18.2 Å². The fraction of sp³-hybridized carbons (Fsp3) is 0.538. The number of ether oxygens (including phenoxy) is 1. The first kappa shape index (κ1) is 12.8. The molecular weight excluding hydrogens is 230 g/mol. The lowest BCUT2D eigenvalue weighted by atomic mass is 10.1. The van der Waals surface area contributed by atoms with Gasteiger partial charge in [0.15, 0.2) is 0 Å². The summed E-state index contributed by atoms with van der Waals surface area (Å²) in [7, 11) is 0. The largest absolute Gasteiger partial charge is 0.478 e. The summed E-state index contributed by atoms with van der Waals surface area (Å²) < 4.78 is 5.24. The Bertz CT molecular complexity index is 405. The van der Waals surface area contributed by atoms with Crippen LogP contribution in [0.2, 0.25) is 0 Å². The standard InChI is InChI=1S/C13H19N3O2/c1-2-18-12-6-5-11(8-15-12)16-13(17)9-3-4-10(14)7-9/h5-6,8-10H,2-4,7,14H2,1H3,(H,16,17). The first-order valence-electron chi connectivity index (χ1n) is 6.34. The lowest BCUT2D eigenvalue weighted by molar-refractivity contribution is -0.119. The normalized spacial score (nSPS) is 22.8. The molecule has 18 heavy (non-hydrogen) atoms. The molecule has 2 unspecified atom stereocenters. The van der Waals surface area contributed by atoms with E-state index in [1.54, 1.807) is 18.3 Å². The molecule has 1 fully saturated rings. The number of nitrogens with one attached hydrogen (secondary N) is 1. The van der Waals surface area contributed by atoms with Gasteiger partial charge < -0.3 is 15.8 Å². The van der Waals surface area contributed by atoms with Crippen LogP contribution >= 0.6 is 0 Å². The van der Waals surface area contributed by atoms with E-state index in [1.807, 2.05) is 6.92 Å². The van der Waals surface area contributed by atoms with Gasteiger partial charge >= 0.3 is 0 Å². The highest BCUT2D eigenvalue weighted by atomic mass is 16.5. The summed E-state index contributed by atoms with van der Waals surface area (Å²) in [5, 5.41) is 2.86. The number of nitrogens with zero attached hydrogens (tertiary/aromatic N) is 1. The highest BCUT2D eigenvalue weighted by Gasteiger charge is 2.27. The van der Waals surface area contributed by atoms with E-state index in [-0.39, 0.29) is 17.9 Å². The maximum absolute atomic E-state index is 11.9. The van der Waals surface area contributed by atoms with Crippen molar-refractivity contribution in [3.8, 4) is 5.88 Å². The van der Waals surface area contributed by atoms with Gasteiger partial charge in [-0.05, 0) is 32.3 Å². The zero-order valence-corrected chi connectivity index (χ0v) is 10.6. The van der Waals surface area contributed by atoms with E-state index >= 15 is 0 Å². The van der Waals surface area contributed by atoms with Gasteiger partial charge in [-0.1, -0.05) is 0 Å². The zero-order chi connectivity index (χ0) is 13.0. The van der Waals surface area contributed by atoms with Gasteiger partial charge in [0.2, 0.25) is 11.8 Å². The van der Waals surface area contributed by atoms with Gasteiger partial charge in [-0.3, -0.25) is 4.79 Å². The molecule has 0 aromatic carbocycles. The van der Waals surface area contributed by atoms with Crippen molar-refractivity contribution >= 4 is 11.6 Å². The number of anilines is 1. The van der Waals surface area contributed by atoms with E-state index in [4.69, 9.17) is 10.5 Å². The van der Waals surface area contributed by atoms with Crippen LogP contribution in [0, 0.1) is 5.92 Å². The Morgan fingerprint density at radius 2 is 2.39 bits per heavy atom. The minimum atomic E-state index is 0.0339. The van der Waals surface area contributed by atoms with Crippen LogP contribution in [0.5, 0.6) is 5.88 Å². The minimum absolute atomic E-state index is 0.0339. The van der Waals surface area contributed by atoms with Crippen molar-refractivity contribution < 1.29 is 9.53 Å². The van der Waals surface area contributed by atoms with Crippen LogP contribution in [0.15, 0.2) is 18.3 Å². The quantitative estimate of drug-likeness (QED) is 0.848. The number of hydrogen-bond donors (Lipinski definition) is 2. The Balaban J connectivity index is 1.90. The second kappa shape index (κ2) is 5.82. The van der Waals surface area contributed by atoms with Gasteiger partial charge in [0, 0.05) is 18.0 Å². The summed E-state index contributed by atoms with van der Waals surface area (Å²) in [6.07, 6.45) is 4.19. The lowest BCUT2D eigenvalue weighted by Gasteiger charge is -2.10. The van der Waals surface area contributed by atoms with Crippen LogP contribution < -0.4 is 15.8 Å². The Morgan fingerprint density at radius 1 is 1.56 bits per heavy atom. The molecule has 2 atom stereocenters. The second-order valence-electron chi connectivity index (χ2n) is 4.58. The minimum Gasteiger partial charge on any atom is -0.478 e. The maximum atomic E-state index is 11.9. The predicted octanol–water partition coefficient (Wildman–Crippen LogP) is 1.55. The summed E-state index contributed by atoms with van der Waals surface area (Å²) in [4.78, 5) is 16.0. The summed E-state index contributed by atoms with van der Waals surface area (Å²) in [6, 6.07) is 3.71. The Morgan fingerprint density at radius 3 is 2.94 bits per heavy atom. The van der Waals surface area contributed by atoms with Crippen molar-refractivity contribution in [2.75, 3.05) is 11.9 Å². The molecule has 0 saturated heterocycles. The van der Waals surface area contributed by atoms with Crippen LogP contribution in [0.1, 0.15) is 26.2 Å². The van der Waals surface area contributed by atoms with Crippen LogP contribution in [0.4, 0.5) is 5.69 Å². The van der Waals surface area contributed by atoms with Crippen molar-refractivity contribution in [3.63, 3.8) is 0 Å². The topological polar surface area (TPSA) is 77.2 Å². The molecule has 1 aromatic heterocycles. The van der Waals surface area contributed by atoms with Crippen LogP contribution in [-0.2, 0) is 4.79 Å². The fourth-order valence-electron chi connectivity index (χ4n) is 2.19. The summed E-state index contributed by atoms with van der Waals surface area (Å²) in [6.45, 7) is 2.49. The molecule has 5 heteroatoms. The predicted molar refractivity (Wildman–Crippen MR) is 69.4 cm³/mol. The van der Waals surface area contributed by atoms with Crippen LogP contribution in [0.3, 0.4) is 0 Å². The molecule has 1 aliphatic rings. The molecule has 1 aromatic rings. The molecule has 0 bridgehead atoms. The molecule has 5 nitrogen and oxygen atoms in total. The molecule has 1 saturated carbocycles. The van der Waals surface area contributed by atoms with E-state index < -0.39 is 0 Å². The fourth-order valence-corrected chi connectivity index (χ4v) is 2.19. The molecule has 0 spiro atoms. The first-order chi connectivity index (χ1) is 8.69. The third-order valence-corrected chi connectivity index (χ3v) is 3.14. The van der Waals surface area contributed by atoms with Gasteiger partial charge in [0.05, 0.1) is 18.5 Å². The summed E-state index contributed by atoms with van der Waals surface area (Å²) in [5.41, 5.74) is 6.50. The van der Waals surface area contributed by atoms with Gasteiger partial charge in [-0.2, -0.15) is 0 Å². The van der Waals surface area contributed by atoms with Crippen molar-refractivity contribution in [1.29, 1.82) is 0 Å². The number of pyridine rings is 1. The number of rotatable bonds is 4. The number of nitrogens with two attached hydrogens (primary N) is 1. The monoisotopic (exact) mass is 249 g/mol. The number of carbonyl (C=O) groups excluding carboxylic acids is 1. The molecular formula is C13H19N3O2. The number of carbonyl (C=O) groups is 1. The Hall–Kier alpha value is -1.62. The molecule has 3 N–H and O–H groups in total. The lowest BCUT2D eigenvalue weighted by Crippen LogP contribution is -2.23. The number of aromatic nitrogens is 1. The third-order valence-electron chi connectivity index (χ3n) is 3.14. The second-order valence-corrected chi connectivity index (χ2v) is 4.58. The van der Waals surface area contributed by atoms with Gasteiger partial charge in [-0.15, -0.1) is 0 Å². The molecule has 1 aliphatic carbocycles. The highest BCUT2D eigenvalue weighted by molar-refractivity contribution is 5.92. The first-order valence-corrected chi connectivity index (χ1v) is 6.34. The SMILES string of the molecule is CCOc1ccc(NC(=O)C2CCC(N)C2)cn1. The molecule has 0 radical (unpaired) electrons. The van der Waals surface area contributed by atoms with Gasteiger partial charge in [0.1, 0.15) is 0 Å². The van der Waals surface area contributed by atoms with Crippen molar-refractivity contribution in [2.45, 2.75) is 32.2 Å². The van der Waals surface area contributed by atoms with Crippen LogP contribution in [0.25, 0.3) is 0 Å². The number of amides is 1. The average molecular weight is 249 g/mol. The smallest absolute Gasteiger partial charge is 0.227 e. The van der Waals surface area contributed by atoms with E-state index in [0.717, 1.165) is 19.3 Å². The van der Waals surface area contributed by atoms with E-state index in [2.05, 4.69) is 10.3 Å². The maximum Gasteiger partial charge on any atom is 0.227 e. The number of hydrogen-bond acceptors (Lipinski definition) is 4. The molecule has 98 valence electrons. The van der Waals surface area contributed by atoms with E-state index in [9.17, 15) is 4.79 Å². The van der Waals surface area contributed by atoms with Crippen molar-refractivity contribution in [3.05, 3.63) is 18.3 Å². The molecule has 2 rings (SSSR count). The molecule has 0 aliphatic heterocycles. The third kappa shape index (κ3) is 3.20. The Labute approximate surface area is 107 Å². The molecule has 1 amide bonds. The Kier molecular flexibility index (Phi) is 4.15. The average Bonchev–Trinajstić information content (AvgIpc) is 2.79. The zero-order valence-electron chi connectivity index (χ0n) is 10.6. The van der Waals surface area contributed by atoms with Gasteiger partial charge in [0.25, 0.3) is 0 Å². The molecule has 1 heterocycles. The van der Waals surface area contributed by atoms with Crippen LogP contribution in [-0.4, -0.2) is 23.5 Å². The highest BCUT2D eigenvalue weighted by Crippen LogP contribution is 2.25. The summed E-state index contributed by atoms with van der Waals surface area (Å²) >= 11 is 0. The van der Waals surface area contributed by atoms with E-state index in [1.165, 1.54) is 0 Å². The van der Waals surface area contributed by atoms with Crippen molar-refractivity contribution in [1.82, 2.24) is 4.98 Å².